The molecule has 3 aromatic heterocycles. The number of thiazole rings is 1. The van der Waals surface area contributed by atoms with Gasteiger partial charge in [0.1, 0.15) is 10.5 Å². The summed E-state index contributed by atoms with van der Waals surface area (Å²) in [7, 11) is 0. The van der Waals surface area contributed by atoms with E-state index < -0.39 is 0 Å². The summed E-state index contributed by atoms with van der Waals surface area (Å²) in [5, 5.41) is 0.923. The predicted octanol–water partition coefficient (Wildman–Crippen LogP) is 3.88. The second-order valence-electron chi connectivity index (χ2n) is 7.91. The smallest absolute Gasteiger partial charge is 0.265 e. The van der Waals surface area contributed by atoms with Crippen LogP contribution in [0.1, 0.15) is 43.7 Å². The van der Waals surface area contributed by atoms with Crippen LogP contribution in [0.3, 0.4) is 0 Å². The lowest BCUT2D eigenvalue weighted by Gasteiger charge is -2.43. The summed E-state index contributed by atoms with van der Waals surface area (Å²) in [6.07, 6.45) is 4.06. The van der Waals surface area contributed by atoms with E-state index in [9.17, 15) is 9.59 Å². The van der Waals surface area contributed by atoms with Gasteiger partial charge >= 0.3 is 0 Å². The molecule has 1 saturated heterocycles. The lowest BCUT2D eigenvalue weighted by molar-refractivity contribution is -0.0905. The number of carbonyl (C=O) groups excluding carboxylic acids is 1. The highest BCUT2D eigenvalue weighted by molar-refractivity contribution is 7.15. The zero-order chi connectivity index (χ0) is 20.9. The summed E-state index contributed by atoms with van der Waals surface area (Å²) in [6.45, 7) is 5.83. The number of hydrogen-bond acceptors (Lipinski definition) is 6. The zero-order valence-electron chi connectivity index (χ0n) is 17.0. The molecule has 156 valence electrons. The minimum Gasteiger partial charge on any atom is -0.369 e. The van der Waals surface area contributed by atoms with Gasteiger partial charge in [-0.25, -0.2) is 4.98 Å². The van der Waals surface area contributed by atoms with Crippen LogP contribution in [0.2, 0.25) is 0 Å². The highest BCUT2D eigenvalue weighted by atomic mass is 32.1. The minimum atomic E-state index is -0.354. The molecule has 2 aliphatic rings. The van der Waals surface area contributed by atoms with E-state index in [2.05, 4.69) is 16.0 Å². The number of H-pyrrole nitrogens is 1. The van der Waals surface area contributed by atoms with Crippen LogP contribution in [0.15, 0.2) is 29.2 Å². The molecular formula is C22H23N3O3S2. The standard InChI is InChI=1S/C22H23N3O3S2/c1-13-18(29-14(2)24-13)21(27)25-9-6-22(7-10-25)19-15(5-11-28-22)12-17(30-19)16-4-3-8-23-20(16)26/h3-4,8,12H,5-7,9-11H2,1-2H3,(H,23,26). The Hall–Kier alpha value is -2.29. The van der Waals surface area contributed by atoms with Crippen molar-refractivity contribution in [2.24, 2.45) is 0 Å². The number of amides is 1. The Bertz CT molecular complexity index is 1170. The Morgan fingerprint density at radius 3 is 2.77 bits per heavy atom. The molecule has 0 aromatic carbocycles. The van der Waals surface area contributed by atoms with E-state index in [1.54, 1.807) is 17.5 Å². The first-order valence-electron chi connectivity index (χ1n) is 10.2. The van der Waals surface area contributed by atoms with Gasteiger partial charge in [0.25, 0.3) is 11.5 Å². The fourth-order valence-corrected chi connectivity index (χ4v) is 6.81. The molecule has 30 heavy (non-hydrogen) atoms. The fourth-order valence-electron chi connectivity index (χ4n) is 4.49. The molecule has 0 radical (unpaired) electrons. The van der Waals surface area contributed by atoms with Gasteiger partial charge in [0.15, 0.2) is 0 Å². The second-order valence-corrected chi connectivity index (χ2v) is 10.2. The number of hydrogen-bond donors (Lipinski definition) is 1. The molecule has 1 fully saturated rings. The summed E-state index contributed by atoms with van der Waals surface area (Å²) in [5.74, 6) is 0.0756. The average Bonchev–Trinajstić information content (AvgIpc) is 3.32. The Morgan fingerprint density at radius 2 is 2.07 bits per heavy atom. The van der Waals surface area contributed by atoms with E-state index in [4.69, 9.17) is 4.74 Å². The van der Waals surface area contributed by atoms with E-state index in [1.807, 2.05) is 30.9 Å². The van der Waals surface area contributed by atoms with Crippen LogP contribution in [0.4, 0.5) is 0 Å². The third-order valence-electron chi connectivity index (χ3n) is 6.01. The van der Waals surface area contributed by atoms with Crippen LogP contribution in [0.25, 0.3) is 10.4 Å². The quantitative estimate of drug-likeness (QED) is 0.655. The number of aryl methyl sites for hydroxylation is 2. The van der Waals surface area contributed by atoms with Crippen LogP contribution in [0.5, 0.6) is 0 Å². The first-order valence-corrected chi connectivity index (χ1v) is 11.8. The molecule has 0 aliphatic carbocycles. The van der Waals surface area contributed by atoms with Gasteiger partial charge < -0.3 is 14.6 Å². The SMILES string of the molecule is Cc1nc(C)c(C(=O)N2CCC3(CC2)OCCc2cc(-c4ccc[nH]c4=O)sc23)s1. The molecule has 1 spiro atoms. The topological polar surface area (TPSA) is 75.3 Å². The lowest BCUT2D eigenvalue weighted by atomic mass is 9.85. The normalized spacial score (nSPS) is 17.9. The Morgan fingerprint density at radius 1 is 1.27 bits per heavy atom. The number of carbonyl (C=O) groups is 1. The van der Waals surface area contributed by atoms with Crippen molar-refractivity contribution in [3.05, 3.63) is 60.8 Å². The maximum Gasteiger partial charge on any atom is 0.265 e. The largest absolute Gasteiger partial charge is 0.369 e. The zero-order valence-corrected chi connectivity index (χ0v) is 18.6. The second kappa shape index (κ2) is 7.44. The van der Waals surface area contributed by atoms with Gasteiger partial charge in [-0.2, -0.15) is 0 Å². The van der Waals surface area contributed by atoms with E-state index in [1.165, 1.54) is 21.8 Å². The molecule has 0 unspecified atom stereocenters. The van der Waals surface area contributed by atoms with Crippen molar-refractivity contribution >= 4 is 28.6 Å². The van der Waals surface area contributed by atoms with Gasteiger partial charge in [-0.15, -0.1) is 22.7 Å². The highest BCUT2D eigenvalue weighted by Gasteiger charge is 2.43. The predicted molar refractivity (Wildman–Crippen MR) is 118 cm³/mol. The van der Waals surface area contributed by atoms with Gasteiger partial charge in [0.2, 0.25) is 0 Å². The van der Waals surface area contributed by atoms with Gasteiger partial charge in [-0.3, -0.25) is 9.59 Å². The van der Waals surface area contributed by atoms with Gasteiger partial charge in [0, 0.05) is 29.0 Å². The molecule has 0 atom stereocenters. The van der Waals surface area contributed by atoms with E-state index in [0.29, 0.717) is 25.3 Å². The molecular weight excluding hydrogens is 418 g/mol. The number of fused-ring (bicyclic) bond motifs is 2. The third-order valence-corrected chi connectivity index (χ3v) is 8.47. The highest BCUT2D eigenvalue weighted by Crippen LogP contribution is 2.47. The number of aromatic amines is 1. The summed E-state index contributed by atoms with van der Waals surface area (Å²) < 4.78 is 6.35. The lowest BCUT2D eigenvalue weighted by Crippen LogP contribution is -2.47. The van der Waals surface area contributed by atoms with Crippen LogP contribution in [-0.2, 0) is 16.8 Å². The molecule has 0 bridgehead atoms. The maximum atomic E-state index is 13.0. The Balaban J connectivity index is 1.40. The van der Waals surface area contributed by atoms with Crippen LogP contribution in [0, 0.1) is 13.8 Å². The Kier molecular flexibility index (Phi) is 4.88. The number of rotatable bonds is 2. The molecule has 2 aliphatic heterocycles. The van der Waals surface area contributed by atoms with E-state index in [0.717, 1.165) is 39.7 Å². The number of ether oxygens (including phenoxy) is 1. The minimum absolute atomic E-state index is 0.0679. The van der Waals surface area contributed by atoms with E-state index in [-0.39, 0.29) is 17.1 Å². The van der Waals surface area contributed by atoms with Crippen molar-refractivity contribution in [1.82, 2.24) is 14.9 Å². The van der Waals surface area contributed by atoms with Crippen molar-refractivity contribution in [2.45, 2.75) is 38.7 Å². The van der Waals surface area contributed by atoms with Crippen molar-refractivity contribution in [3.63, 3.8) is 0 Å². The molecule has 3 aromatic rings. The van der Waals surface area contributed by atoms with Crippen LogP contribution in [-0.4, -0.2) is 40.5 Å². The number of aromatic nitrogens is 2. The van der Waals surface area contributed by atoms with Crippen LogP contribution >= 0.6 is 22.7 Å². The van der Waals surface area contributed by atoms with Gasteiger partial charge in [-0.05, 0) is 56.9 Å². The first-order chi connectivity index (χ1) is 14.5. The van der Waals surface area contributed by atoms with Crippen LogP contribution < -0.4 is 5.56 Å². The van der Waals surface area contributed by atoms with Gasteiger partial charge in [0.05, 0.1) is 22.9 Å². The number of nitrogens with one attached hydrogen (secondary N) is 1. The summed E-state index contributed by atoms with van der Waals surface area (Å²) >= 11 is 3.13. The van der Waals surface area contributed by atoms with Gasteiger partial charge in [-0.1, -0.05) is 0 Å². The number of pyridine rings is 1. The van der Waals surface area contributed by atoms with Crippen molar-refractivity contribution in [2.75, 3.05) is 19.7 Å². The summed E-state index contributed by atoms with van der Waals surface area (Å²) in [6, 6.07) is 5.87. The summed E-state index contributed by atoms with van der Waals surface area (Å²) in [4.78, 5) is 37.3. The fraction of sp³-hybridized carbons (Fsp3) is 0.409. The summed E-state index contributed by atoms with van der Waals surface area (Å²) in [5.41, 5.74) is 2.37. The van der Waals surface area contributed by atoms with E-state index >= 15 is 0 Å². The molecule has 6 nitrogen and oxygen atoms in total. The third kappa shape index (κ3) is 3.23. The monoisotopic (exact) mass is 441 g/mol. The molecule has 5 heterocycles. The number of thiophene rings is 1. The molecule has 8 heteroatoms. The molecule has 1 N–H and O–H groups in total. The Labute approximate surface area is 182 Å². The molecule has 0 saturated carbocycles. The molecule has 5 rings (SSSR count). The van der Waals surface area contributed by atoms with Crippen molar-refractivity contribution in [1.29, 1.82) is 0 Å². The number of likely N-dealkylation sites (tertiary alicyclic amines) is 1. The van der Waals surface area contributed by atoms with Crippen molar-refractivity contribution in [3.8, 4) is 10.4 Å². The first kappa shape index (κ1) is 19.7. The van der Waals surface area contributed by atoms with Crippen molar-refractivity contribution < 1.29 is 9.53 Å². The molecule has 1 amide bonds. The maximum absolute atomic E-state index is 13.0. The number of nitrogens with zero attached hydrogens (tertiary/aromatic N) is 2. The average molecular weight is 442 g/mol. The number of piperidine rings is 1.